The molecule has 0 radical (unpaired) electrons. The summed E-state index contributed by atoms with van der Waals surface area (Å²) in [4.78, 5) is 12.3. The van der Waals surface area contributed by atoms with Gasteiger partial charge in [-0.15, -0.1) is 0 Å². The Labute approximate surface area is 103 Å². The van der Waals surface area contributed by atoms with Crippen LogP contribution in [0, 0.1) is 17.8 Å². The predicted molar refractivity (Wildman–Crippen MR) is 66.4 cm³/mol. The largest absolute Gasteiger partial charge is 0.459 e. The molecule has 0 amide bonds. The molecular weight excluding hydrogens is 212 g/mol. The monoisotopic (exact) mass is 234 g/mol. The van der Waals surface area contributed by atoms with Gasteiger partial charge >= 0.3 is 5.97 Å². The molecule has 2 bridgehead atoms. The van der Waals surface area contributed by atoms with E-state index in [0.29, 0.717) is 11.8 Å². The molecule has 0 heterocycles. The Morgan fingerprint density at radius 2 is 2.06 bits per heavy atom. The van der Waals surface area contributed by atoms with Crippen molar-refractivity contribution in [3.05, 3.63) is 12.2 Å². The first-order chi connectivity index (χ1) is 8.22. The molecular formula is C15H22O2. The molecule has 0 N–H and O–H groups in total. The average molecular weight is 234 g/mol. The number of carbonyl (C=O) groups is 1. The summed E-state index contributed by atoms with van der Waals surface area (Å²) in [5, 5.41) is 0. The Morgan fingerprint density at radius 1 is 1.29 bits per heavy atom. The van der Waals surface area contributed by atoms with Crippen LogP contribution in [0.4, 0.5) is 0 Å². The highest BCUT2D eigenvalue weighted by Gasteiger charge is 2.44. The van der Waals surface area contributed by atoms with Crippen molar-refractivity contribution in [1.82, 2.24) is 0 Å². The Bertz CT molecular complexity index is 339. The van der Waals surface area contributed by atoms with Gasteiger partial charge in [-0.1, -0.05) is 19.1 Å². The average Bonchev–Trinajstić information content (AvgIpc) is 3.04. The van der Waals surface area contributed by atoms with Gasteiger partial charge < -0.3 is 4.74 Å². The zero-order chi connectivity index (χ0) is 11.9. The number of esters is 1. The lowest BCUT2D eigenvalue weighted by Crippen LogP contribution is -2.35. The van der Waals surface area contributed by atoms with Crippen LogP contribution in [0.1, 0.15) is 51.9 Å². The number of hydrogen-bond acceptors (Lipinski definition) is 2. The Balaban J connectivity index is 1.65. The van der Waals surface area contributed by atoms with Crippen molar-refractivity contribution >= 4 is 5.97 Å². The van der Waals surface area contributed by atoms with Crippen LogP contribution in [0.2, 0.25) is 0 Å². The molecule has 0 spiro atoms. The second-order valence-electron chi connectivity index (χ2n) is 6.05. The molecule has 2 heteroatoms. The van der Waals surface area contributed by atoms with Gasteiger partial charge in [0, 0.05) is 0 Å². The molecule has 3 atom stereocenters. The van der Waals surface area contributed by atoms with Crippen LogP contribution in [0.25, 0.3) is 0 Å². The number of allylic oxidation sites excluding steroid dienone is 2. The minimum atomic E-state index is -0.109. The summed E-state index contributed by atoms with van der Waals surface area (Å²) in [6.07, 6.45) is 12.3. The van der Waals surface area contributed by atoms with Crippen molar-refractivity contribution in [3.63, 3.8) is 0 Å². The second-order valence-corrected chi connectivity index (χ2v) is 6.05. The first-order valence-corrected chi connectivity index (χ1v) is 7.14. The highest BCUT2D eigenvalue weighted by molar-refractivity contribution is 5.74. The molecule has 17 heavy (non-hydrogen) atoms. The van der Waals surface area contributed by atoms with Gasteiger partial charge in [0.15, 0.2) is 0 Å². The fourth-order valence-electron chi connectivity index (χ4n) is 3.89. The second kappa shape index (κ2) is 4.15. The van der Waals surface area contributed by atoms with E-state index >= 15 is 0 Å². The summed E-state index contributed by atoms with van der Waals surface area (Å²) in [5.41, 5.74) is -0.109. The first-order valence-electron chi connectivity index (χ1n) is 7.14. The zero-order valence-corrected chi connectivity index (χ0v) is 10.7. The fourth-order valence-corrected chi connectivity index (χ4v) is 3.89. The van der Waals surface area contributed by atoms with Crippen molar-refractivity contribution in [2.24, 2.45) is 17.8 Å². The SMILES string of the molecule is CCC1(OC(=O)C2CC3C=CC2C3)CCCC1. The van der Waals surface area contributed by atoms with E-state index in [2.05, 4.69) is 19.1 Å². The highest BCUT2D eigenvalue weighted by atomic mass is 16.6. The van der Waals surface area contributed by atoms with Crippen LogP contribution < -0.4 is 0 Å². The fraction of sp³-hybridized carbons (Fsp3) is 0.800. The molecule has 2 fully saturated rings. The van der Waals surface area contributed by atoms with Crippen molar-refractivity contribution in [1.29, 1.82) is 0 Å². The number of carbonyl (C=O) groups excluding carboxylic acids is 1. The van der Waals surface area contributed by atoms with E-state index in [1.807, 2.05) is 0 Å². The molecule has 0 aromatic rings. The molecule has 0 aliphatic heterocycles. The van der Waals surface area contributed by atoms with Gasteiger partial charge in [0.05, 0.1) is 5.92 Å². The van der Waals surface area contributed by atoms with Crippen molar-refractivity contribution in [3.8, 4) is 0 Å². The van der Waals surface area contributed by atoms with Crippen LogP contribution >= 0.6 is 0 Å². The molecule has 0 aromatic heterocycles. The van der Waals surface area contributed by atoms with Gasteiger partial charge in [-0.25, -0.2) is 0 Å². The Kier molecular flexibility index (Phi) is 2.76. The van der Waals surface area contributed by atoms with Crippen LogP contribution in [0.5, 0.6) is 0 Å². The smallest absolute Gasteiger partial charge is 0.310 e. The maximum absolute atomic E-state index is 12.3. The summed E-state index contributed by atoms with van der Waals surface area (Å²) in [6, 6.07) is 0. The van der Waals surface area contributed by atoms with E-state index in [0.717, 1.165) is 25.7 Å². The standard InChI is InChI=1S/C15H22O2/c1-2-15(7-3-4-8-15)17-14(16)13-10-11-5-6-12(13)9-11/h5-6,11-13H,2-4,7-10H2,1H3. The molecule has 3 rings (SSSR count). The van der Waals surface area contributed by atoms with Crippen LogP contribution in [0.15, 0.2) is 12.2 Å². The van der Waals surface area contributed by atoms with E-state index in [1.165, 1.54) is 19.3 Å². The molecule has 3 unspecified atom stereocenters. The van der Waals surface area contributed by atoms with E-state index in [4.69, 9.17) is 4.74 Å². The lowest BCUT2D eigenvalue weighted by atomic mass is 9.92. The quantitative estimate of drug-likeness (QED) is 0.552. The summed E-state index contributed by atoms with van der Waals surface area (Å²) in [5.74, 6) is 1.38. The summed E-state index contributed by atoms with van der Waals surface area (Å²) in [7, 11) is 0. The molecule has 2 nitrogen and oxygen atoms in total. The highest BCUT2D eigenvalue weighted by Crippen LogP contribution is 2.45. The van der Waals surface area contributed by atoms with Gasteiger partial charge in [0.2, 0.25) is 0 Å². The summed E-state index contributed by atoms with van der Waals surface area (Å²) in [6.45, 7) is 2.15. The van der Waals surface area contributed by atoms with Gasteiger partial charge in [0.1, 0.15) is 5.60 Å². The van der Waals surface area contributed by atoms with Crippen LogP contribution in [-0.4, -0.2) is 11.6 Å². The maximum atomic E-state index is 12.3. The normalized spacial score (nSPS) is 37.6. The van der Waals surface area contributed by atoms with E-state index in [1.54, 1.807) is 0 Å². The number of rotatable bonds is 3. The zero-order valence-electron chi connectivity index (χ0n) is 10.7. The van der Waals surface area contributed by atoms with Gasteiger partial charge in [-0.2, -0.15) is 0 Å². The van der Waals surface area contributed by atoms with Crippen LogP contribution in [-0.2, 0) is 9.53 Å². The van der Waals surface area contributed by atoms with E-state index in [-0.39, 0.29) is 17.5 Å². The first kappa shape index (κ1) is 11.3. The number of hydrogen-bond donors (Lipinski definition) is 0. The van der Waals surface area contributed by atoms with Crippen molar-refractivity contribution in [2.75, 3.05) is 0 Å². The molecule has 0 saturated heterocycles. The summed E-state index contributed by atoms with van der Waals surface area (Å²) >= 11 is 0. The van der Waals surface area contributed by atoms with Crippen LogP contribution in [0.3, 0.4) is 0 Å². The molecule has 3 aliphatic rings. The molecule has 94 valence electrons. The van der Waals surface area contributed by atoms with Gasteiger partial charge in [0.25, 0.3) is 0 Å². The molecule has 3 aliphatic carbocycles. The number of fused-ring (bicyclic) bond motifs is 2. The lowest BCUT2D eigenvalue weighted by Gasteiger charge is -2.30. The lowest BCUT2D eigenvalue weighted by molar-refractivity contribution is -0.165. The van der Waals surface area contributed by atoms with Crippen molar-refractivity contribution in [2.45, 2.75) is 57.5 Å². The van der Waals surface area contributed by atoms with Gasteiger partial charge in [-0.05, 0) is 56.8 Å². The minimum Gasteiger partial charge on any atom is -0.459 e. The third-order valence-electron chi connectivity index (χ3n) is 5.06. The maximum Gasteiger partial charge on any atom is 0.310 e. The van der Waals surface area contributed by atoms with Gasteiger partial charge in [-0.3, -0.25) is 4.79 Å². The predicted octanol–water partition coefficient (Wildman–Crippen LogP) is 3.46. The van der Waals surface area contributed by atoms with E-state index in [9.17, 15) is 4.79 Å². The Morgan fingerprint density at radius 3 is 2.59 bits per heavy atom. The van der Waals surface area contributed by atoms with E-state index < -0.39 is 0 Å². The Hall–Kier alpha value is -0.790. The molecule has 2 saturated carbocycles. The topological polar surface area (TPSA) is 26.3 Å². The minimum absolute atomic E-state index is 0.0885. The molecule has 0 aromatic carbocycles. The summed E-state index contributed by atoms with van der Waals surface area (Å²) < 4.78 is 5.91. The third kappa shape index (κ3) is 1.92. The third-order valence-corrected chi connectivity index (χ3v) is 5.06. The van der Waals surface area contributed by atoms with Crippen molar-refractivity contribution < 1.29 is 9.53 Å². The number of ether oxygens (including phenoxy) is 1.